The number of nitrogens with one attached hydrogen (secondary N) is 2. The van der Waals surface area contributed by atoms with Gasteiger partial charge < -0.3 is 24.6 Å². The summed E-state index contributed by atoms with van der Waals surface area (Å²) in [7, 11) is 1.50. The van der Waals surface area contributed by atoms with E-state index in [4.69, 9.17) is 25.6 Å². The average molecular weight is 459 g/mol. The smallest absolute Gasteiger partial charge is 0.316 e. The maximum absolute atomic E-state index is 12.2. The number of nitrogens with zero attached hydrogens (tertiary/aromatic N) is 2. The van der Waals surface area contributed by atoms with Crippen LogP contribution in [0, 0.1) is 13.8 Å². The molecule has 0 unspecified atom stereocenters. The second kappa shape index (κ2) is 10.6. The standard InChI is InChI=1S/C22H23ClN4O5/c1-13-4-6-16(10-14(13)2)31-12-19(28)24-8-9-25-21(29)22-26-20(27-32-22)17-11-15(23)5-7-18(17)30-3/h4-7,10-11H,8-9,12H2,1-3H3,(H,24,28)(H,25,29). The molecule has 1 aromatic heterocycles. The Morgan fingerprint density at radius 3 is 2.59 bits per heavy atom. The summed E-state index contributed by atoms with van der Waals surface area (Å²) in [5.41, 5.74) is 2.74. The summed E-state index contributed by atoms with van der Waals surface area (Å²) in [5, 5.41) is 9.53. The minimum absolute atomic E-state index is 0.120. The van der Waals surface area contributed by atoms with E-state index in [9.17, 15) is 9.59 Å². The maximum atomic E-state index is 12.2. The molecule has 0 fully saturated rings. The Kier molecular flexibility index (Phi) is 7.67. The molecule has 168 valence electrons. The van der Waals surface area contributed by atoms with Gasteiger partial charge in [0.2, 0.25) is 5.82 Å². The van der Waals surface area contributed by atoms with Crippen molar-refractivity contribution < 1.29 is 23.6 Å². The second-order valence-electron chi connectivity index (χ2n) is 6.91. The SMILES string of the molecule is COc1ccc(Cl)cc1-c1noc(C(=O)NCCNC(=O)COc2ccc(C)c(C)c2)n1. The minimum Gasteiger partial charge on any atom is -0.496 e. The molecule has 2 aromatic carbocycles. The third-order valence-corrected chi connectivity index (χ3v) is 4.84. The van der Waals surface area contributed by atoms with Gasteiger partial charge in [0.05, 0.1) is 12.7 Å². The molecular weight excluding hydrogens is 436 g/mol. The summed E-state index contributed by atoms with van der Waals surface area (Å²) in [6.45, 7) is 4.24. The zero-order valence-corrected chi connectivity index (χ0v) is 18.7. The number of hydrogen-bond donors (Lipinski definition) is 2. The van der Waals surface area contributed by atoms with E-state index in [1.165, 1.54) is 7.11 Å². The Morgan fingerprint density at radius 2 is 1.84 bits per heavy atom. The molecule has 0 radical (unpaired) electrons. The van der Waals surface area contributed by atoms with Crippen molar-refractivity contribution in [2.24, 2.45) is 0 Å². The fourth-order valence-corrected chi connectivity index (χ4v) is 2.91. The highest BCUT2D eigenvalue weighted by Gasteiger charge is 2.18. The zero-order chi connectivity index (χ0) is 23.1. The summed E-state index contributed by atoms with van der Waals surface area (Å²) in [4.78, 5) is 28.2. The van der Waals surface area contributed by atoms with Gasteiger partial charge in [-0.3, -0.25) is 9.59 Å². The first kappa shape index (κ1) is 23.1. The molecule has 9 nitrogen and oxygen atoms in total. The predicted octanol–water partition coefficient (Wildman–Crippen LogP) is 2.94. The molecule has 2 N–H and O–H groups in total. The van der Waals surface area contributed by atoms with Crippen molar-refractivity contribution in [1.82, 2.24) is 20.8 Å². The highest BCUT2D eigenvalue weighted by Crippen LogP contribution is 2.30. The summed E-state index contributed by atoms with van der Waals surface area (Å²) in [5.74, 6) is 0.210. The van der Waals surface area contributed by atoms with Crippen LogP contribution in [0.15, 0.2) is 40.9 Å². The van der Waals surface area contributed by atoms with E-state index in [2.05, 4.69) is 20.8 Å². The number of aryl methyl sites for hydroxylation is 2. The molecule has 32 heavy (non-hydrogen) atoms. The quantitative estimate of drug-likeness (QED) is 0.473. The molecule has 0 aliphatic carbocycles. The van der Waals surface area contributed by atoms with Gasteiger partial charge in [0.15, 0.2) is 6.61 Å². The van der Waals surface area contributed by atoms with Crippen LogP contribution in [0.5, 0.6) is 11.5 Å². The van der Waals surface area contributed by atoms with Gasteiger partial charge in [0.1, 0.15) is 11.5 Å². The first-order chi connectivity index (χ1) is 15.4. The fraction of sp³-hybridized carbons (Fsp3) is 0.273. The van der Waals surface area contributed by atoms with Crippen molar-refractivity contribution in [2.75, 3.05) is 26.8 Å². The van der Waals surface area contributed by atoms with Crippen LogP contribution in [0.2, 0.25) is 5.02 Å². The van der Waals surface area contributed by atoms with Gasteiger partial charge in [-0.25, -0.2) is 0 Å². The van der Waals surface area contributed by atoms with E-state index in [0.717, 1.165) is 11.1 Å². The van der Waals surface area contributed by atoms with Crippen LogP contribution in [-0.4, -0.2) is 48.8 Å². The normalized spacial score (nSPS) is 10.5. The number of carbonyl (C=O) groups is 2. The highest BCUT2D eigenvalue weighted by molar-refractivity contribution is 6.30. The Morgan fingerprint density at radius 1 is 1.06 bits per heavy atom. The summed E-state index contributed by atoms with van der Waals surface area (Å²) in [6, 6.07) is 10.6. The van der Waals surface area contributed by atoms with E-state index in [-0.39, 0.29) is 37.3 Å². The largest absolute Gasteiger partial charge is 0.496 e. The first-order valence-corrected chi connectivity index (χ1v) is 10.2. The number of rotatable bonds is 9. The second-order valence-corrected chi connectivity index (χ2v) is 7.34. The summed E-state index contributed by atoms with van der Waals surface area (Å²) >= 11 is 6.01. The van der Waals surface area contributed by atoms with E-state index in [1.54, 1.807) is 18.2 Å². The molecule has 0 atom stereocenters. The van der Waals surface area contributed by atoms with Crippen LogP contribution < -0.4 is 20.1 Å². The maximum Gasteiger partial charge on any atom is 0.316 e. The molecule has 0 bridgehead atoms. The number of amides is 2. The topological polar surface area (TPSA) is 116 Å². The van der Waals surface area contributed by atoms with Gasteiger partial charge in [-0.15, -0.1) is 0 Å². The van der Waals surface area contributed by atoms with Crippen molar-refractivity contribution in [3.8, 4) is 22.9 Å². The predicted molar refractivity (Wildman–Crippen MR) is 118 cm³/mol. The van der Waals surface area contributed by atoms with Crippen LogP contribution in [0.3, 0.4) is 0 Å². The van der Waals surface area contributed by atoms with E-state index in [1.807, 2.05) is 32.0 Å². The van der Waals surface area contributed by atoms with Crippen LogP contribution in [0.25, 0.3) is 11.4 Å². The number of halogens is 1. The lowest BCUT2D eigenvalue weighted by Crippen LogP contribution is -2.36. The molecule has 2 amide bonds. The number of aromatic nitrogens is 2. The number of carbonyl (C=O) groups excluding carboxylic acids is 2. The van der Waals surface area contributed by atoms with Gasteiger partial charge in [-0.05, 0) is 55.3 Å². The average Bonchev–Trinajstić information content (AvgIpc) is 3.27. The number of methoxy groups -OCH3 is 1. The molecule has 1 heterocycles. The van der Waals surface area contributed by atoms with Gasteiger partial charge in [-0.1, -0.05) is 22.8 Å². The highest BCUT2D eigenvalue weighted by atomic mass is 35.5. The van der Waals surface area contributed by atoms with Crippen LogP contribution in [0.1, 0.15) is 21.8 Å². The Labute approximate surface area is 190 Å². The van der Waals surface area contributed by atoms with Gasteiger partial charge in [0, 0.05) is 18.1 Å². The lowest BCUT2D eigenvalue weighted by Gasteiger charge is -2.09. The summed E-state index contributed by atoms with van der Waals surface area (Å²) in [6.07, 6.45) is 0. The molecule has 0 saturated carbocycles. The third kappa shape index (κ3) is 5.98. The summed E-state index contributed by atoms with van der Waals surface area (Å²) < 4.78 is 15.7. The number of hydrogen-bond acceptors (Lipinski definition) is 7. The van der Waals surface area contributed by atoms with Gasteiger partial charge >= 0.3 is 11.8 Å². The van der Waals surface area contributed by atoms with E-state index < -0.39 is 5.91 Å². The fourth-order valence-electron chi connectivity index (χ4n) is 2.74. The Hall–Kier alpha value is -3.59. The molecule has 0 saturated heterocycles. The van der Waals surface area contributed by atoms with Crippen LogP contribution in [0.4, 0.5) is 0 Å². The van der Waals surface area contributed by atoms with Gasteiger partial charge in [0.25, 0.3) is 5.91 Å². The molecule has 10 heteroatoms. The number of benzene rings is 2. The Balaban J connectivity index is 1.44. The lowest BCUT2D eigenvalue weighted by atomic mass is 10.1. The molecule has 0 spiro atoms. The van der Waals surface area contributed by atoms with Gasteiger partial charge in [-0.2, -0.15) is 4.98 Å². The van der Waals surface area contributed by atoms with Crippen molar-refractivity contribution >= 4 is 23.4 Å². The van der Waals surface area contributed by atoms with Crippen molar-refractivity contribution in [1.29, 1.82) is 0 Å². The Bertz CT molecular complexity index is 1120. The molecule has 0 aliphatic heterocycles. The monoisotopic (exact) mass is 458 g/mol. The van der Waals surface area contributed by atoms with Crippen molar-refractivity contribution in [3.63, 3.8) is 0 Å². The van der Waals surface area contributed by atoms with Crippen molar-refractivity contribution in [2.45, 2.75) is 13.8 Å². The van der Waals surface area contributed by atoms with Crippen LogP contribution >= 0.6 is 11.6 Å². The van der Waals surface area contributed by atoms with E-state index >= 15 is 0 Å². The molecule has 0 aliphatic rings. The lowest BCUT2D eigenvalue weighted by molar-refractivity contribution is -0.123. The third-order valence-electron chi connectivity index (χ3n) is 4.60. The van der Waals surface area contributed by atoms with Crippen molar-refractivity contribution in [3.05, 3.63) is 58.4 Å². The molecule has 3 rings (SSSR count). The van der Waals surface area contributed by atoms with E-state index in [0.29, 0.717) is 22.1 Å². The first-order valence-electron chi connectivity index (χ1n) is 9.80. The minimum atomic E-state index is -0.564. The zero-order valence-electron chi connectivity index (χ0n) is 17.9. The van der Waals surface area contributed by atoms with Crippen LogP contribution in [-0.2, 0) is 4.79 Å². The molecule has 3 aromatic rings. The number of ether oxygens (including phenoxy) is 2. The molecular formula is C22H23ClN4O5.